The van der Waals surface area contributed by atoms with E-state index in [2.05, 4.69) is 0 Å². The van der Waals surface area contributed by atoms with Gasteiger partial charge in [-0.3, -0.25) is 0 Å². The molecule has 0 aliphatic rings. The summed E-state index contributed by atoms with van der Waals surface area (Å²) in [7, 11) is -1.70. The van der Waals surface area contributed by atoms with Crippen LogP contribution in [0.3, 0.4) is 0 Å². The van der Waals surface area contributed by atoms with Crippen LogP contribution in [0.25, 0.3) is 0 Å². The third kappa shape index (κ3) is 3.21. The van der Waals surface area contributed by atoms with E-state index in [0.29, 0.717) is 23.6 Å². The zero-order valence-corrected chi connectivity index (χ0v) is 10.4. The minimum Gasteiger partial charge on any atom is -0.497 e. The van der Waals surface area contributed by atoms with Crippen LogP contribution in [0.1, 0.15) is 12.0 Å². The highest BCUT2D eigenvalue weighted by Gasteiger charge is 2.13. The van der Waals surface area contributed by atoms with Gasteiger partial charge in [0.05, 0.1) is 12.0 Å². The highest BCUT2D eigenvalue weighted by Crippen LogP contribution is 2.23. The van der Waals surface area contributed by atoms with Crippen LogP contribution in [0.15, 0.2) is 23.1 Å². The van der Waals surface area contributed by atoms with Gasteiger partial charge >= 0.3 is 0 Å². The molecule has 0 fully saturated rings. The van der Waals surface area contributed by atoms with Crippen LogP contribution in [0, 0.1) is 0 Å². The normalized spacial score (nSPS) is 11.4. The van der Waals surface area contributed by atoms with Crippen molar-refractivity contribution in [3.8, 4) is 5.75 Å². The van der Waals surface area contributed by atoms with E-state index in [1.807, 2.05) is 0 Å². The van der Waals surface area contributed by atoms with E-state index in [0.717, 1.165) is 12.0 Å². The minimum atomic E-state index is -3.22. The topological polar surface area (TPSA) is 69.4 Å². The average Bonchev–Trinajstić information content (AvgIpc) is 2.25. The van der Waals surface area contributed by atoms with Crippen LogP contribution in [-0.2, 0) is 16.3 Å². The lowest BCUT2D eigenvalue weighted by Gasteiger charge is -2.09. The summed E-state index contributed by atoms with van der Waals surface area (Å²) in [6, 6.07) is 5.10. The predicted octanol–water partition coefficient (Wildman–Crippen LogP) is 0.990. The first-order chi connectivity index (χ1) is 7.49. The maximum atomic E-state index is 11.6. The summed E-state index contributed by atoms with van der Waals surface area (Å²) in [5, 5.41) is 0. The Balaban J connectivity index is 3.17. The van der Waals surface area contributed by atoms with Gasteiger partial charge in [0, 0.05) is 6.26 Å². The Hall–Kier alpha value is -1.07. The first kappa shape index (κ1) is 13.0. The first-order valence-electron chi connectivity index (χ1n) is 5.06. The molecule has 1 aromatic carbocycles. The second-order valence-electron chi connectivity index (χ2n) is 3.64. The number of hydrogen-bond acceptors (Lipinski definition) is 4. The number of hydrogen-bond donors (Lipinski definition) is 1. The van der Waals surface area contributed by atoms with E-state index < -0.39 is 9.84 Å². The molecule has 0 saturated carbocycles. The third-order valence-corrected chi connectivity index (χ3v) is 3.50. The molecule has 0 amide bonds. The van der Waals surface area contributed by atoms with Crippen LogP contribution in [0.2, 0.25) is 0 Å². The molecule has 0 spiro atoms. The van der Waals surface area contributed by atoms with E-state index in [-0.39, 0.29) is 0 Å². The lowest BCUT2D eigenvalue weighted by Crippen LogP contribution is -2.06. The van der Waals surface area contributed by atoms with Gasteiger partial charge in [-0.2, -0.15) is 0 Å². The second-order valence-corrected chi connectivity index (χ2v) is 5.62. The Morgan fingerprint density at radius 2 is 2.06 bits per heavy atom. The molecule has 0 aliphatic carbocycles. The Kier molecular flexibility index (Phi) is 4.32. The Bertz CT molecular complexity index is 454. The van der Waals surface area contributed by atoms with Crippen molar-refractivity contribution in [2.24, 2.45) is 5.73 Å². The molecule has 2 N–H and O–H groups in total. The van der Waals surface area contributed by atoms with Crippen molar-refractivity contribution in [2.75, 3.05) is 19.9 Å². The van der Waals surface area contributed by atoms with Gasteiger partial charge in [0.15, 0.2) is 9.84 Å². The summed E-state index contributed by atoms with van der Waals surface area (Å²) in [5.41, 5.74) is 6.22. The molecule has 0 unspecified atom stereocenters. The van der Waals surface area contributed by atoms with Gasteiger partial charge < -0.3 is 10.5 Å². The van der Waals surface area contributed by atoms with Gasteiger partial charge in [0.1, 0.15) is 5.75 Å². The quantitative estimate of drug-likeness (QED) is 0.837. The molecule has 1 aromatic rings. The van der Waals surface area contributed by atoms with Gasteiger partial charge in [-0.05, 0) is 37.1 Å². The molecule has 4 nitrogen and oxygen atoms in total. The molecule has 0 bridgehead atoms. The number of benzene rings is 1. The fourth-order valence-electron chi connectivity index (χ4n) is 1.51. The molecule has 1 rings (SSSR count). The Labute approximate surface area is 96.3 Å². The van der Waals surface area contributed by atoms with Crippen molar-refractivity contribution in [3.63, 3.8) is 0 Å². The van der Waals surface area contributed by atoms with Crippen molar-refractivity contribution >= 4 is 9.84 Å². The van der Waals surface area contributed by atoms with Gasteiger partial charge in [-0.25, -0.2) is 8.42 Å². The number of ether oxygens (including phenoxy) is 1. The van der Waals surface area contributed by atoms with E-state index >= 15 is 0 Å². The largest absolute Gasteiger partial charge is 0.497 e. The van der Waals surface area contributed by atoms with E-state index in [4.69, 9.17) is 10.5 Å². The lowest BCUT2D eigenvalue weighted by atomic mass is 10.1. The summed E-state index contributed by atoms with van der Waals surface area (Å²) >= 11 is 0. The third-order valence-electron chi connectivity index (χ3n) is 2.32. The summed E-state index contributed by atoms with van der Waals surface area (Å²) < 4.78 is 28.2. The van der Waals surface area contributed by atoms with Crippen molar-refractivity contribution in [2.45, 2.75) is 17.7 Å². The van der Waals surface area contributed by atoms with Crippen molar-refractivity contribution in [1.82, 2.24) is 0 Å². The zero-order chi connectivity index (χ0) is 12.2. The molecule has 90 valence electrons. The average molecular weight is 243 g/mol. The fraction of sp³-hybridized carbons (Fsp3) is 0.455. The standard InChI is InChI=1S/C11H17NO3S/c1-15-10-6-5-9(4-3-7-12)11(8-10)16(2,13)14/h5-6,8H,3-4,7,12H2,1-2H3. The van der Waals surface area contributed by atoms with Crippen LogP contribution in [0.4, 0.5) is 0 Å². The number of aryl methyl sites for hydroxylation is 1. The first-order valence-corrected chi connectivity index (χ1v) is 6.95. The maximum Gasteiger partial charge on any atom is 0.175 e. The number of sulfone groups is 1. The number of nitrogens with two attached hydrogens (primary N) is 1. The van der Waals surface area contributed by atoms with Crippen LogP contribution >= 0.6 is 0 Å². The fourth-order valence-corrected chi connectivity index (χ4v) is 2.48. The molecule has 0 saturated heterocycles. The summed E-state index contributed by atoms with van der Waals surface area (Å²) in [4.78, 5) is 0.334. The van der Waals surface area contributed by atoms with Crippen LogP contribution < -0.4 is 10.5 Å². The lowest BCUT2D eigenvalue weighted by molar-refractivity contribution is 0.413. The highest BCUT2D eigenvalue weighted by molar-refractivity contribution is 7.90. The maximum absolute atomic E-state index is 11.6. The molecular formula is C11H17NO3S. The van der Waals surface area contributed by atoms with E-state index in [9.17, 15) is 8.42 Å². The Morgan fingerprint density at radius 3 is 2.56 bits per heavy atom. The highest BCUT2D eigenvalue weighted by atomic mass is 32.2. The number of methoxy groups -OCH3 is 1. The molecule has 0 aromatic heterocycles. The van der Waals surface area contributed by atoms with Crippen molar-refractivity contribution < 1.29 is 13.2 Å². The molecule has 16 heavy (non-hydrogen) atoms. The molecule has 0 atom stereocenters. The van der Waals surface area contributed by atoms with Gasteiger partial charge in [0.2, 0.25) is 0 Å². The van der Waals surface area contributed by atoms with Crippen molar-refractivity contribution in [1.29, 1.82) is 0 Å². The molecule has 0 radical (unpaired) electrons. The summed E-state index contributed by atoms with van der Waals surface area (Å²) in [6.45, 7) is 0.551. The van der Waals surface area contributed by atoms with Gasteiger partial charge in [-0.1, -0.05) is 6.07 Å². The summed E-state index contributed by atoms with van der Waals surface area (Å²) in [5.74, 6) is 0.553. The zero-order valence-electron chi connectivity index (χ0n) is 9.56. The molecule has 0 aliphatic heterocycles. The smallest absolute Gasteiger partial charge is 0.175 e. The SMILES string of the molecule is COc1ccc(CCCN)c(S(C)(=O)=O)c1. The van der Waals surface area contributed by atoms with Crippen molar-refractivity contribution in [3.05, 3.63) is 23.8 Å². The van der Waals surface area contributed by atoms with E-state index in [1.54, 1.807) is 18.2 Å². The van der Waals surface area contributed by atoms with Gasteiger partial charge in [-0.15, -0.1) is 0 Å². The predicted molar refractivity (Wildman–Crippen MR) is 63.5 cm³/mol. The molecule has 0 heterocycles. The monoisotopic (exact) mass is 243 g/mol. The second kappa shape index (κ2) is 5.32. The minimum absolute atomic E-state index is 0.334. The van der Waals surface area contributed by atoms with Gasteiger partial charge in [0.25, 0.3) is 0 Å². The summed E-state index contributed by atoms with van der Waals surface area (Å²) in [6.07, 6.45) is 2.64. The molecular weight excluding hydrogens is 226 g/mol. The van der Waals surface area contributed by atoms with Crippen LogP contribution in [0.5, 0.6) is 5.75 Å². The number of rotatable bonds is 5. The van der Waals surface area contributed by atoms with E-state index in [1.165, 1.54) is 13.4 Å². The molecule has 5 heteroatoms. The van der Waals surface area contributed by atoms with Crippen LogP contribution in [-0.4, -0.2) is 28.3 Å². The Morgan fingerprint density at radius 1 is 1.38 bits per heavy atom.